The molecule has 2 heterocycles. The molecule has 2 unspecified atom stereocenters. The van der Waals surface area contributed by atoms with Gasteiger partial charge < -0.3 is 14.4 Å². The number of hydrogen-bond donors (Lipinski definition) is 1. The van der Waals surface area contributed by atoms with Crippen molar-refractivity contribution >= 4 is 0 Å². The molecule has 1 saturated heterocycles. The van der Waals surface area contributed by atoms with E-state index in [-0.39, 0.29) is 5.92 Å². The average Bonchev–Trinajstić information content (AvgIpc) is 2.87. The first kappa shape index (κ1) is 12.5. The quantitative estimate of drug-likeness (QED) is 0.869. The Labute approximate surface area is 101 Å². The summed E-state index contributed by atoms with van der Waals surface area (Å²) in [5.41, 5.74) is 0. The van der Waals surface area contributed by atoms with Gasteiger partial charge in [-0.1, -0.05) is 19.0 Å². The van der Waals surface area contributed by atoms with E-state index >= 15 is 0 Å². The standard InChI is InChI=1S/C12H20N2O3/c1-3-10(15)8(2)12-13-11(14-17-12)9-4-6-16-7-5-9/h8-10,15H,3-7H2,1-2H3. The van der Waals surface area contributed by atoms with Crippen molar-refractivity contribution in [2.75, 3.05) is 13.2 Å². The van der Waals surface area contributed by atoms with Gasteiger partial charge in [0.1, 0.15) is 0 Å². The molecule has 5 nitrogen and oxygen atoms in total. The van der Waals surface area contributed by atoms with E-state index in [1.165, 1.54) is 0 Å². The summed E-state index contributed by atoms with van der Waals surface area (Å²) >= 11 is 0. The highest BCUT2D eigenvalue weighted by atomic mass is 16.5. The van der Waals surface area contributed by atoms with Crippen molar-refractivity contribution in [3.05, 3.63) is 11.7 Å². The number of hydrogen-bond acceptors (Lipinski definition) is 5. The summed E-state index contributed by atoms with van der Waals surface area (Å²) in [4.78, 5) is 4.41. The van der Waals surface area contributed by atoms with Gasteiger partial charge in [0, 0.05) is 19.1 Å². The summed E-state index contributed by atoms with van der Waals surface area (Å²) < 4.78 is 10.5. The molecule has 1 N–H and O–H groups in total. The third-order valence-corrected chi connectivity index (χ3v) is 3.43. The Bertz CT molecular complexity index is 331. The summed E-state index contributed by atoms with van der Waals surface area (Å²) in [7, 11) is 0. The molecule has 1 aromatic heterocycles. The van der Waals surface area contributed by atoms with E-state index in [1.807, 2.05) is 13.8 Å². The van der Waals surface area contributed by atoms with E-state index in [4.69, 9.17) is 9.26 Å². The predicted molar refractivity (Wildman–Crippen MR) is 61.8 cm³/mol. The lowest BCUT2D eigenvalue weighted by molar-refractivity contribution is 0.0830. The van der Waals surface area contributed by atoms with Gasteiger partial charge in [0.25, 0.3) is 0 Å². The topological polar surface area (TPSA) is 68.4 Å². The van der Waals surface area contributed by atoms with Crippen molar-refractivity contribution in [2.24, 2.45) is 0 Å². The Morgan fingerprint density at radius 3 is 2.76 bits per heavy atom. The second kappa shape index (κ2) is 5.60. The maximum absolute atomic E-state index is 9.75. The van der Waals surface area contributed by atoms with Crippen LogP contribution in [0.3, 0.4) is 0 Å². The van der Waals surface area contributed by atoms with Crippen LogP contribution >= 0.6 is 0 Å². The monoisotopic (exact) mass is 240 g/mol. The van der Waals surface area contributed by atoms with Crippen molar-refractivity contribution in [1.82, 2.24) is 10.1 Å². The zero-order valence-electron chi connectivity index (χ0n) is 10.4. The van der Waals surface area contributed by atoms with E-state index < -0.39 is 6.10 Å². The summed E-state index contributed by atoms with van der Waals surface area (Å²) in [5.74, 6) is 1.55. The Kier molecular flexibility index (Phi) is 4.12. The van der Waals surface area contributed by atoms with Crippen LogP contribution < -0.4 is 0 Å². The van der Waals surface area contributed by atoms with E-state index in [2.05, 4.69) is 10.1 Å². The minimum atomic E-state index is -0.419. The molecule has 1 aliphatic heterocycles. The SMILES string of the molecule is CCC(O)C(C)c1nc(C2CCOCC2)no1. The summed E-state index contributed by atoms with van der Waals surface area (Å²) in [5, 5.41) is 13.8. The van der Waals surface area contributed by atoms with E-state index in [0.29, 0.717) is 18.2 Å². The molecule has 0 spiro atoms. The lowest BCUT2D eigenvalue weighted by Gasteiger charge is -2.18. The molecule has 0 radical (unpaired) electrons. The fourth-order valence-corrected chi connectivity index (χ4v) is 2.07. The van der Waals surface area contributed by atoms with Crippen LogP contribution in [0.1, 0.15) is 56.7 Å². The number of aliphatic hydroxyl groups excluding tert-OH is 1. The zero-order chi connectivity index (χ0) is 12.3. The van der Waals surface area contributed by atoms with Gasteiger partial charge in [-0.15, -0.1) is 0 Å². The number of aliphatic hydroxyl groups is 1. The van der Waals surface area contributed by atoms with E-state index in [9.17, 15) is 5.11 Å². The van der Waals surface area contributed by atoms with Gasteiger partial charge in [-0.25, -0.2) is 0 Å². The molecule has 17 heavy (non-hydrogen) atoms. The molecule has 1 aliphatic rings. The van der Waals surface area contributed by atoms with Crippen LogP contribution in [0.4, 0.5) is 0 Å². The normalized spacial score (nSPS) is 21.4. The highest BCUT2D eigenvalue weighted by Crippen LogP contribution is 2.27. The highest BCUT2D eigenvalue weighted by Gasteiger charge is 2.25. The van der Waals surface area contributed by atoms with Crippen LogP contribution in [0.25, 0.3) is 0 Å². The molecule has 0 saturated carbocycles. The predicted octanol–water partition coefficient (Wildman–Crippen LogP) is 1.84. The van der Waals surface area contributed by atoms with Gasteiger partial charge in [0.15, 0.2) is 5.82 Å². The minimum Gasteiger partial charge on any atom is -0.392 e. The summed E-state index contributed by atoms with van der Waals surface area (Å²) in [6.07, 6.45) is 2.17. The number of aromatic nitrogens is 2. The molecule has 1 fully saturated rings. The van der Waals surface area contributed by atoms with Crippen LogP contribution in [0, 0.1) is 0 Å². The number of rotatable bonds is 4. The maximum Gasteiger partial charge on any atom is 0.232 e. The second-order valence-electron chi connectivity index (χ2n) is 4.64. The zero-order valence-corrected chi connectivity index (χ0v) is 10.4. The average molecular weight is 240 g/mol. The smallest absolute Gasteiger partial charge is 0.232 e. The van der Waals surface area contributed by atoms with Crippen LogP contribution in [0.2, 0.25) is 0 Å². The van der Waals surface area contributed by atoms with Gasteiger partial charge in [-0.05, 0) is 19.3 Å². The first-order valence-electron chi connectivity index (χ1n) is 6.31. The second-order valence-corrected chi connectivity index (χ2v) is 4.64. The van der Waals surface area contributed by atoms with Crippen molar-refractivity contribution < 1.29 is 14.4 Å². The molecular formula is C12H20N2O3. The van der Waals surface area contributed by atoms with Gasteiger partial charge in [-0.3, -0.25) is 0 Å². The molecule has 5 heteroatoms. The van der Waals surface area contributed by atoms with Crippen LogP contribution in [0.15, 0.2) is 4.52 Å². The van der Waals surface area contributed by atoms with Crippen molar-refractivity contribution in [2.45, 2.75) is 51.0 Å². The molecule has 0 bridgehead atoms. The third kappa shape index (κ3) is 2.84. The fraction of sp³-hybridized carbons (Fsp3) is 0.833. The minimum absolute atomic E-state index is 0.0962. The molecule has 0 aliphatic carbocycles. The van der Waals surface area contributed by atoms with E-state index in [0.717, 1.165) is 31.9 Å². The molecule has 0 aromatic carbocycles. The van der Waals surface area contributed by atoms with Gasteiger partial charge in [-0.2, -0.15) is 4.98 Å². The number of ether oxygens (including phenoxy) is 1. The van der Waals surface area contributed by atoms with Gasteiger partial charge in [0.2, 0.25) is 5.89 Å². The van der Waals surface area contributed by atoms with E-state index in [1.54, 1.807) is 0 Å². The van der Waals surface area contributed by atoms with Crippen molar-refractivity contribution in [1.29, 1.82) is 0 Å². The van der Waals surface area contributed by atoms with Gasteiger partial charge >= 0.3 is 0 Å². The first-order valence-corrected chi connectivity index (χ1v) is 6.31. The maximum atomic E-state index is 9.75. The molecular weight excluding hydrogens is 220 g/mol. The van der Waals surface area contributed by atoms with Crippen molar-refractivity contribution in [3.63, 3.8) is 0 Å². The van der Waals surface area contributed by atoms with Crippen molar-refractivity contribution in [3.8, 4) is 0 Å². The molecule has 0 amide bonds. The molecule has 96 valence electrons. The summed E-state index contributed by atoms with van der Waals surface area (Å²) in [6, 6.07) is 0. The fourth-order valence-electron chi connectivity index (χ4n) is 2.07. The van der Waals surface area contributed by atoms with Crippen LogP contribution in [-0.4, -0.2) is 34.6 Å². The first-order chi connectivity index (χ1) is 8.22. The van der Waals surface area contributed by atoms with Crippen LogP contribution in [-0.2, 0) is 4.74 Å². The number of nitrogens with zero attached hydrogens (tertiary/aromatic N) is 2. The lowest BCUT2D eigenvalue weighted by Crippen LogP contribution is -2.16. The lowest BCUT2D eigenvalue weighted by atomic mass is 9.99. The van der Waals surface area contributed by atoms with Crippen LogP contribution in [0.5, 0.6) is 0 Å². The largest absolute Gasteiger partial charge is 0.392 e. The Morgan fingerprint density at radius 2 is 2.12 bits per heavy atom. The Balaban J connectivity index is 2.04. The molecule has 2 atom stereocenters. The molecule has 1 aromatic rings. The highest BCUT2D eigenvalue weighted by molar-refractivity contribution is 5.00. The van der Waals surface area contributed by atoms with Gasteiger partial charge in [0.05, 0.1) is 12.0 Å². The molecule has 2 rings (SSSR count). The third-order valence-electron chi connectivity index (χ3n) is 3.43. The Hall–Kier alpha value is -0.940. The summed E-state index contributed by atoms with van der Waals surface area (Å²) in [6.45, 7) is 5.38. The Morgan fingerprint density at radius 1 is 1.41 bits per heavy atom.